The van der Waals surface area contributed by atoms with E-state index >= 15 is 0 Å². The zero-order chi connectivity index (χ0) is 21.1. The van der Waals surface area contributed by atoms with Gasteiger partial charge in [0.1, 0.15) is 5.60 Å². The summed E-state index contributed by atoms with van der Waals surface area (Å²) in [6, 6.07) is 2.87. The van der Waals surface area contributed by atoms with Gasteiger partial charge in [-0.05, 0) is 54.5 Å². The van der Waals surface area contributed by atoms with E-state index in [1.807, 2.05) is 27.7 Å². The maximum Gasteiger partial charge on any atom is 0.501 e. The first-order chi connectivity index (χ1) is 12.7. The highest BCUT2D eigenvalue weighted by Gasteiger charge is 2.53. The molecule has 0 radical (unpaired) electrons. The molecule has 10 heteroatoms. The van der Waals surface area contributed by atoms with E-state index in [0.717, 1.165) is 4.68 Å². The van der Waals surface area contributed by atoms with Gasteiger partial charge in [-0.25, -0.2) is 4.79 Å². The van der Waals surface area contributed by atoms with Crippen LogP contribution in [0.5, 0.6) is 0 Å². The molecule has 2 aromatic rings. The molecule has 150 valence electrons. The third-order valence-corrected chi connectivity index (χ3v) is 4.99. The summed E-state index contributed by atoms with van der Waals surface area (Å²) in [4.78, 5) is 23.6. The maximum absolute atomic E-state index is 12.4. The van der Waals surface area contributed by atoms with E-state index in [9.17, 15) is 14.9 Å². The molecule has 28 heavy (non-hydrogen) atoms. The van der Waals surface area contributed by atoms with E-state index in [2.05, 4.69) is 5.10 Å². The smallest absolute Gasteiger partial charge is 0.442 e. The molecule has 1 fully saturated rings. The number of carbonyl (C=O) groups excluding carboxylic acids is 1. The standard InChI is InChI=1S/C18H24BN3O6/c1-16(2,3)26-15(23)21-13-9-14(22(24)25)12(8-11(13)10-20-21)19-27-17(4,5)18(6,7)28-19/h8-10H,1-7H3. The quantitative estimate of drug-likeness (QED) is 0.442. The van der Waals surface area contributed by atoms with Crippen molar-refractivity contribution >= 4 is 35.3 Å². The topological polar surface area (TPSA) is 106 Å². The van der Waals surface area contributed by atoms with Gasteiger partial charge in [0, 0.05) is 11.5 Å². The van der Waals surface area contributed by atoms with Gasteiger partial charge in [-0.15, -0.1) is 0 Å². The Kier molecular flexibility index (Phi) is 4.55. The molecule has 9 nitrogen and oxygen atoms in total. The average Bonchev–Trinajstić information content (AvgIpc) is 3.02. The second-order valence-corrected chi connectivity index (χ2v) is 8.85. The summed E-state index contributed by atoms with van der Waals surface area (Å²) in [6.07, 6.45) is 0.748. The summed E-state index contributed by atoms with van der Waals surface area (Å²) in [5.41, 5.74) is -1.65. The number of benzene rings is 1. The SMILES string of the molecule is CC(C)(C)OC(=O)n1ncc2cc(B3OC(C)(C)C(C)(C)O3)c([N+](=O)[O-])cc21. The molecule has 1 aliphatic rings. The van der Waals surface area contributed by atoms with Gasteiger partial charge in [0.2, 0.25) is 0 Å². The molecule has 1 saturated heterocycles. The zero-order valence-corrected chi connectivity index (χ0v) is 17.1. The van der Waals surface area contributed by atoms with E-state index in [1.54, 1.807) is 26.8 Å². The molecule has 1 aromatic heterocycles. The van der Waals surface area contributed by atoms with Gasteiger partial charge < -0.3 is 14.0 Å². The maximum atomic E-state index is 12.4. The van der Waals surface area contributed by atoms with Crippen molar-refractivity contribution in [1.82, 2.24) is 9.78 Å². The van der Waals surface area contributed by atoms with Crippen LogP contribution >= 0.6 is 0 Å². The van der Waals surface area contributed by atoms with E-state index in [1.165, 1.54) is 12.3 Å². The monoisotopic (exact) mass is 389 g/mol. The summed E-state index contributed by atoms with van der Waals surface area (Å²) in [6.45, 7) is 12.7. The van der Waals surface area contributed by atoms with Gasteiger partial charge in [-0.3, -0.25) is 10.1 Å². The van der Waals surface area contributed by atoms with Gasteiger partial charge >= 0.3 is 13.2 Å². The minimum absolute atomic E-state index is 0.212. The summed E-state index contributed by atoms with van der Waals surface area (Å²) in [5, 5.41) is 16.3. The van der Waals surface area contributed by atoms with Gasteiger partial charge in [0.25, 0.3) is 5.69 Å². The van der Waals surface area contributed by atoms with Crippen LogP contribution in [0.15, 0.2) is 18.3 Å². The summed E-state index contributed by atoms with van der Waals surface area (Å²) < 4.78 is 18.3. The number of nitrogens with zero attached hydrogens (tertiary/aromatic N) is 3. The molecule has 0 spiro atoms. The van der Waals surface area contributed by atoms with Crippen LogP contribution in [0.3, 0.4) is 0 Å². The van der Waals surface area contributed by atoms with Crippen molar-refractivity contribution in [3.63, 3.8) is 0 Å². The summed E-state index contributed by atoms with van der Waals surface area (Å²) in [7, 11) is -0.903. The molecule has 0 unspecified atom stereocenters. The van der Waals surface area contributed by atoms with Crippen LogP contribution in [0.1, 0.15) is 48.5 Å². The first-order valence-corrected chi connectivity index (χ1v) is 8.97. The summed E-state index contributed by atoms with van der Waals surface area (Å²) in [5.74, 6) is 0. The summed E-state index contributed by atoms with van der Waals surface area (Å²) >= 11 is 0. The Bertz CT molecular complexity index is 944. The number of hydrogen-bond donors (Lipinski definition) is 0. The van der Waals surface area contributed by atoms with Crippen molar-refractivity contribution in [2.24, 2.45) is 0 Å². The van der Waals surface area contributed by atoms with Crippen LogP contribution in [0.25, 0.3) is 10.9 Å². The lowest BCUT2D eigenvalue weighted by atomic mass is 9.77. The van der Waals surface area contributed by atoms with Gasteiger partial charge in [-0.1, -0.05) is 0 Å². The number of rotatable bonds is 2. The highest BCUT2D eigenvalue weighted by atomic mass is 16.7. The predicted octanol–water partition coefficient (Wildman–Crippen LogP) is 3.03. The molecule has 2 heterocycles. The number of hydrogen-bond acceptors (Lipinski definition) is 7. The van der Waals surface area contributed by atoms with E-state index < -0.39 is 34.9 Å². The second-order valence-electron chi connectivity index (χ2n) is 8.85. The minimum Gasteiger partial charge on any atom is -0.442 e. The lowest BCUT2D eigenvalue weighted by molar-refractivity contribution is -0.383. The fourth-order valence-electron chi connectivity index (χ4n) is 2.85. The van der Waals surface area contributed by atoms with Crippen LogP contribution in [-0.4, -0.2) is 44.7 Å². The first-order valence-electron chi connectivity index (χ1n) is 8.97. The third-order valence-electron chi connectivity index (χ3n) is 4.99. The highest BCUT2D eigenvalue weighted by Crippen LogP contribution is 2.37. The van der Waals surface area contributed by atoms with Gasteiger partial charge in [0.15, 0.2) is 0 Å². The lowest BCUT2D eigenvalue weighted by Gasteiger charge is -2.32. The Balaban J connectivity index is 2.08. The van der Waals surface area contributed by atoms with Crippen molar-refractivity contribution in [3.8, 4) is 0 Å². The number of ether oxygens (including phenoxy) is 1. The molecular weight excluding hydrogens is 365 g/mol. The minimum atomic E-state index is -0.903. The van der Waals surface area contributed by atoms with Gasteiger partial charge in [0.05, 0.1) is 33.3 Å². The van der Waals surface area contributed by atoms with Crippen LogP contribution in [0, 0.1) is 10.1 Å². The van der Waals surface area contributed by atoms with Crippen molar-refractivity contribution < 1.29 is 23.8 Å². The number of carbonyl (C=O) groups is 1. The Morgan fingerprint density at radius 2 is 1.79 bits per heavy atom. The molecule has 1 aliphatic heterocycles. The van der Waals surface area contributed by atoms with E-state index in [0.29, 0.717) is 5.39 Å². The predicted molar refractivity (Wildman–Crippen MR) is 104 cm³/mol. The molecule has 0 N–H and O–H groups in total. The lowest BCUT2D eigenvalue weighted by Crippen LogP contribution is -2.41. The highest BCUT2D eigenvalue weighted by molar-refractivity contribution is 6.64. The molecule has 1 aromatic carbocycles. The van der Waals surface area contributed by atoms with Crippen molar-refractivity contribution in [2.75, 3.05) is 0 Å². The molecule has 0 bridgehead atoms. The molecule has 0 amide bonds. The Labute approximate surface area is 163 Å². The molecule has 3 rings (SSSR count). The Hall–Kier alpha value is -2.46. The van der Waals surface area contributed by atoms with Crippen LogP contribution < -0.4 is 5.46 Å². The van der Waals surface area contributed by atoms with Gasteiger partial charge in [-0.2, -0.15) is 9.78 Å². The fourth-order valence-corrected chi connectivity index (χ4v) is 2.85. The average molecular weight is 389 g/mol. The van der Waals surface area contributed by atoms with Crippen LogP contribution in [0.4, 0.5) is 10.5 Å². The van der Waals surface area contributed by atoms with Crippen LogP contribution in [0.2, 0.25) is 0 Å². The van der Waals surface area contributed by atoms with E-state index in [-0.39, 0.29) is 16.7 Å². The Morgan fingerprint density at radius 1 is 1.21 bits per heavy atom. The normalized spacial score (nSPS) is 18.5. The van der Waals surface area contributed by atoms with Crippen LogP contribution in [-0.2, 0) is 14.0 Å². The van der Waals surface area contributed by atoms with E-state index in [4.69, 9.17) is 14.0 Å². The number of nitro benzene ring substituents is 1. The molecular formula is C18H24BN3O6. The largest absolute Gasteiger partial charge is 0.501 e. The molecule has 0 atom stereocenters. The number of fused-ring (bicyclic) bond motifs is 1. The zero-order valence-electron chi connectivity index (χ0n) is 17.1. The molecule has 0 saturated carbocycles. The first kappa shape index (κ1) is 20.3. The fraction of sp³-hybridized carbons (Fsp3) is 0.556. The Morgan fingerprint density at radius 3 is 2.29 bits per heavy atom. The molecule has 0 aliphatic carbocycles. The van der Waals surface area contributed by atoms with Crippen molar-refractivity contribution in [2.45, 2.75) is 65.3 Å². The number of nitro groups is 1. The number of aromatic nitrogens is 2. The van der Waals surface area contributed by atoms with Crippen molar-refractivity contribution in [3.05, 3.63) is 28.4 Å². The second kappa shape index (κ2) is 6.28. The van der Waals surface area contributed by atoms with Crippen molar-refractivity contribution in [1.29, 1.82) is 0 Å². The third kappa shape index (κ3) is 3.49.